The van der Waals surface area contributed by atoms with Gasteiger partial charge in [-0.2, -0.15) is 4.89 Å². The first-order valence-electron chi connectivity index (χ1n) is 3.55. The largest absolute Gasteiger partial charge is 0.505 e. The summed E-state index contributed by atoms with van der Waals surface area (Å²) in [6, 6.07) is 0. The van der Waals surface area contributed by atoms with Crippen molar-refractivity contribution >= 4 is 8.03 Å². The molecule has 0 fully saturated rings. The molecule has 0 amide bonds. The van der Waals surface area contributed by atoms with E-state index in [0.717, 1.165) is 13.0 Å². The van der Waals surface area contributed by atoms with Gasteiger partial charge in [0.1, 0.15) is 6.54 Å². The monoisotopic (exact) mass is 175 g/mol. The quantitative estimate of drug-likeness (QED) is 0.427. The van der Waals surface area contributed by atoms with Crippen molar-refractivity contribution in [2.45, 2.75) is 6.42 Å². The van der Waals surface area contributed by atoms with Crippen molar-refractivity contribution in [3.63, 3.8) is 0 Å². The Morgan fingerprint density at radius 1 is 1.73 bits per heavy atom. The van der Waals surface area contributed by atoms with Crippen LogP contribution in [-0.2, 0) is 4.57 Å². The highest BCUT2D eigenvalue weighted by Gasteiger charge is 2.10. The van der Waals surface area contributed by atoms with Crippen molar-refractivity contribution in [3.05, 3.63) is 0 Å². The van der Waals surface area contributed by atoms with Crippen LogP contribution in [0.3, 0.4) is 0 Å². The molecule has 2 N–H and O–H groups in total. The Morgan fingerprint density at radius 3 is 2.82 bits per heavy atom. The molecule has 0 aliphatic heterocycles. The summed E-state index contributed by atoms with van der Waals surface area (Å²) in [7, 11) is 0.0211. The topological polar surface area (TPSA) is 41.7 Å². The summed E-state index contributed by atoms with van der Waals surface area (Å²) < 4.78 is 10.2. The number of quaternary nitrogens is 1. The second kappa shape index (κ2) is 6.30. The molecule has 0 heterocycles. The normalized spacial score (nSPS) is 13.7. The van der Waals surface area contributed by atoms with Gasteiger partial charge in [0.25, 0.3) is 0 Å². The maximum Gasteiger partial charge on any atom is 0.505 e. The Balaban J connectivity index is 3.25. The number of rotatable bonds is 5. The van der Waals surface area contributed by atoms with Crippen molar-refractivity contribution in [2.24, 2.45) is 0 Å². The lowest BCUT2D eigenvalue weighted by atomic mass is 10.4. The maximum absolute atomic E-state index is 10.2. The van der Waals surface area contributed by atoms with Gasteiger partial charge < -0.3 is 4.90 Å². The molecule has 0 aromatic carbocycles. The van der Waals surface area contributed by atoms with E-state index >= 15 is 0 Å². The van der Waals surface area contributed by atoms with E-state index in [2.05, 4.69) is 5.92 Å². The number of terminal acetylenes is 1. The Morgan fingerprint density at radius 2 is 2.36 bits per heavy atom. The van der Waals surface area contributed by atoms with Gasteiger partial charge in [-0.05, 0) is 10.5 Å². The summed E-state index contributed by atoms with van der Waals surface area (Å²) in [6.45, 7) is 1.55. The summed E-state index contributed by atoms with van der Waals surface area (Å²) in [4.78, 5) is 9.67. The van der Waals surface area contributed by atoms with Crippen molar-refractivity contribution in [1.29, 1.82) is 0 Å². The van der Waals surface area contributed by atoms with Gasteiger partial charge in [-0.25, -0.2) is 0 Å². The van der Waals surface area contributed by atoms with Crippen LogP contribution in [0.1, 0.15) is 6.42 Å². The molecule has 3 nitrogen and oxygen atoms in total. The molecule has 0 aromatic rings. The van der Waals surface area contributed by atoms with Gasteiger partial charge >= 0.3 is 8.03 Å². The lowest BCUT2D eigenvalue weighted by molar-refractivity contribution is -0.871. The molecule has 0 spiro atoms. The molecule has 2 atom stereocenters. The van der Waals surface area contributed by atoms with E-state index in [9.17, 15) is 4.57 Å². The molecular formula is C7H14NO2P+2. The van der Waals surface area contributed by atoms with Crippen molar-refractivity contribution in [3.8, 4) is 12.3 Å². The average Bonchev–Trinajstić information content (AvgIpc) is 1.87. The molecule has 0 saturated carbocycles. The minimum atomic E-state index is -1.96. The van der Waals surface area contributed by atoms with Gasteiger partial charge in [0.05, 0.1) is 13.6 Å². The highest BCUT2D eigenvalue weighted by molar-refractivity contribution is 7.37. The fourth-order valence-corrected chi connectivity index (χ4v) is 1.21. The number of hydrogen-bond acceptors (Lipinski definition) is 1. The van der Waals surface area contributed by atoms with Crippen LogP contribution in [0.25, 0.3) is 0 Å². The van der Waals surface area contributed by atoms with Crippen LogP contribution in [0, 0.1) is 12.3 Å². The zero-order valence-electron chi connectivity index (χ0n) is 6.71. The second-order valence-electron chi connectivity index (χ2n) is 2.52. The van der Waals surface area contributed by atoms with Crippen LogP contribution in [0.4, 0.5) is 0 Å². The van der Waals surface area contributed by atoms with E-state index in [1.54, 1.807) is 0 Å². The van der Waals surface area contributed by atoms with Crippen molar-refractivity contribution in [1.82, 2.24) is 0 Å². The van der Waals surface area contributed by atoms with Gasteiger partial charge in [0.15, 0.2) is 6.16 Å². The molecular weight excluding hydrogens is 161 g/mol. The van der Waals surface area contributed by atoms with Crippen LogP contribution >= 0.6 is 8.03 Å². The van der Waals surface area contributed by atoms with Gasteiger partial charge in [-0.15, -0.1) is 6.42 Å². The van der Waals surface area contributed by atoms with Crippen LogP contribution in [-0.4, -0.2) is 31.2 Å². The summed E-state index contributed by atoms with van der Waals surface area (Å²) in [5.41, 5.74) is 0. The second-order valence-corrected chi connectivity index (χ2v) is 3.67. The summed E-state index contributed by atoms with van der Waals surface area (Å²) in [5, 5.41) is 0. The molecule has 0 rings (SSSR count). The standard InChI is InChI=1S/C7H12NO2P/c1-3-5-8(2)6-4-7-11(9)10/h1H,4-7H2,2H3/p+2. The zero-order valence-corrected chi connectivity index (χ0v) is 7.60. The van der Waals surface area contributed by atoms with E-state index in [1.165, 1.54) is 4.90 Å². The predicted molar refractivity (Wildman–Crippen MR) is 44.8 cm³/mol. The molecule has 0 bridgehead atoms. The highest BCUT2D eigenvalue weighted by Crippen LogP contribution is 2.12. The lowest BCUT2D eigenvalue weighted by Gasteiger charge is -2.07. The fraction of sp³-hybridized carbons (Fsp3) is 0.714. The number of nitrogens with one attached hydrogen (secondary N) is 1. The minimum absolute atomic E-state index is 0.386. The lowest BCUT2D eigenvalue weighted by Crippen LogP contribution is -3.08. The van der Waals surface area contributed by atoms with E-state index < -0.39 is 8.03 Å². The zero-order chi connectivity index (χ0) is 8.69. The molecule has 2 unspecified atom stereocenters. The maximum atomic E-state index is 10.2. The Kier molecular flexibility index (Phi) is 6.06. The molecule has 0 aliphatic carbocycles. The molecule has 0 saturated heterocycles. The van der Waals surface area contributed by atoms with Crippen molar-refractivity contribution in [2.75, 3.05) is 26.3 Å². The average molecular weight is 175 g/mol. The third-order valence-corrected chi connectivity index (χ3v) is 2.06. The van der Waals surface area contributed by atoms with Gasteiger partial charge in [-0.1, -0.05) is 0 Å². The fourth-order valence-electron chi connectivity index (χ4n) is 0.779. The summed E-state index contributed by atoms with van der Waals surface area (Å²) in [6.07, 6.45) is 6.23. The van der Waals surface area contributed by atoms with E-state index in [1.807, 2.05) is 7.05 Å². The van der Waals surface area contributed by atoms with Gasteiger partial charge in [0.2, 0.25) is 0 Å². The number of hydrogen-bond donors (Lipinski definition) is 2. The SMILES string of the molecule is C#CC[NH+](C)CCC[P+](=O)O. The van der Waals surface area contributed by atoms with Crippen LogP contribution < -0.4 is 4.90 Å². The van der Waals surface area contributed by atoms with E-state index in [0.29, 0.717) is 12.7 Å². The van der Waals surface area contributed by atoms with Crippen molar-refractivity contribution < 1.29 is 14.4 Å². The van der Waals surface area contributed by atoms with E-state index in [-0.39, 0.29) is 0 Å². The molecule has 0 aliphatic rings. The first-order valence-corrected chi connectivity index (χ1v) is 4.95. The van der Waals surface area contributed by atoms with Gasteiger partial charge in [-0.3, -0.25) is 0 Å². The molecule has 11 heavy (non-hydrogen) atoms. The molecule has 0 radical (unpaired) electrons. The third kappa shape index (κ3) is 7.48. The summed E-state index contributed by atoms with van der Waals surface area (Å²) >= 11 is 0. The molecule has 62 valence electrons. The Labute approximate surface area is 68.3 Å². The van der Waals surface area contributed by atoms with Crippen LogP contribution in [0.2, 0.25) is 0 Å². The Bertz CT molecular complexity index is 164. The summed E-state index contributed by atoms with van der Waals surface area (Å²) in [5.74, 6) is 2.53. The smallest absolute Gasteiger partial charge is 0.327 e. The molecule has 0 aromatic heterocycles. The van der Waals surface area contributed by atoms with Crippen LogP contribution in [0.15, 0.2) is 0 Å². The first-order chi connectivity index (χ1) is 5.16. The molecule has 4 heteroatoms. The van der Waals surface area contributed by atoms with E-state index in [4.69, 9.17) is 11.3 Å². The minimum Gasteiger partial charge on any atom is -0.327 e. The predicted octanol–water partition coefficient (Wildman–Crippen LogP) is -0.741. The Hall–Kier alpha value is -0.420. The van der Waals surface area contributed by atoms with Crippen LogP contribution in [0.5, 0.6) is 0 Å². The highest BCUT2D eigenvalue weighted by atomic mass is 31.1. The first kappa shape index (κ1) is 10.6. The third-order valence-electron chi connectivity index (χ3n) is 1.36. The van der Waals surface area contributed by atoms with Gasteiger partial charge in [0, 0.05) is 6.42 Å².